The van der Waals surface area contributed by atoms with E-state index in [1.54, 1.807) is 11.0 Å². The molecule has 0 amide bonds. The van der Waals surface area contributed by atoms with Crippen LogP contribution in [0.5, 0.6) is 0 Å². The quantitative estimate of drug-likeness (QED) is 0.491. The number of hydrogen-bond acceptors (Lipinski definition) is 6. The third kappa shape index (κ3) is 3.71. The van der Waals surface area contributed by atoms with E-state index in [-0.39, 0.29) is 17.7 Å². The number of rotatable bonds is 5. The Hall–Kier alpha value is -2.54. The predicted octanol–water partition coefficient (Wildman–Crippen LogP) is 4.40. The van der Waals surface area contributed by atoms with Crippen LogP contribution in [-0.4, -0.2) is 33.3 Å². The molecule has 1 N–H and O–H groups in total. The second-order valence-corrected chi connectivity index (χ2v) is 7.81. The van der Waals surface area contributed by atoms with Crippen LogP contribution in [0.25, 0.3) is 0 Å². The number of anilines is 4. The molecular formula is C20H20FIN4O2. The number of carbonyl (C=O) groups excluding carboxylic acids is 1. The number of carbonyl (C=O) groups is 1. The minimum Gasteiger partial charge on any atom is -0.465 e. The van der Waals surface area contributed by atoms with E-state index in [4.69, 9.17) is 10.00 Å². The summed E-state index contributed by atoms with van der Waals surface area (Å²) in [6.07, 6.45) is 0.282. The third-order valence-electron chi connectivity index (χ3n) is 4.68. The number of nitriles is 1. The summed E-state index contributed by atoms with van der Waals surface area (Å²) in [5.74, 6) is -1.14. The van der Waals surface area contributed by atoms with Crippen molar-refractivity contribution in [1.82, 2.24) is 0 Å². The van der Waals surface area contributed by atoms with Gasteiger partial charge in [-0.05, 0) is 59.3 Å². The molecule has 2 aromatic rings. The predicted molar refractivity (Wildman–Crippen MR) is 116 cm³/mol. The molecule has 0 atom stereocenters. The first kappa shape index (κ1) is 20.2. The van der Waals surface area contributed by atoms with E-state index in [0.29, 0.717) is 30.3 Å². The van der Waals surface area contributed by atoms with Crippen LogP contribution < -0.4 is 15.1 Å². The topological polar surface area (TPSA) is 68.6 Å². The number of ether oxygens (including phenoxy) is 1. The van der Waals surface area contributed by atoms with Gasteiger partial charge in [0.15, 0.2) is 5.82 Å². The number of hydrogen-bond donors (Lipinski definition) is 1. The Labute approximate surface area is 177 Å². The molecule has 1 aliphatic heterocycles. The van der Waals surface area contributed by atoms with E-state index >= 15 is 4.39 Å². The summed E-state index contributed by atoms with van der Waals surface area (Å²) in [7, 11) is 3.10. The highest BCUT2D eigenvalue weighted by molar-refractivity contribution is 14.1. The second kappa shape index (κ2) is 8.22. The SMILES string of the molecule is COC(=O)c1cc2c(c(F)c1Nc1ccc(I)cc1C)N(CCC#N)CN2C. The maximum absolute atomic E-state index is 15.7. The highest BCUT2D eigenvalue weighted by Crippen LogP contribution is 2.43. The largest absolute Gasteiger partial charge is 0.465 e. The van der Waals surface area contributed by atoms with Crippen molar-refractivity contribution in [3.05, 3.63) is 44.8 Å². The van der Waals surface area contributed by atoms with Gasteiger partial charge < -0.3 is 19.9 Å². The van der Waals surface area contributed by atoms with Crippen molar-refractivity contribution >= 4 is 51.3 Å². The van der Waals surface area contributed by atoms with Crippen LogP contribution in [0.4, 0.5) is 27.1 Å². The van der Waals surface area contributed by atoms with Crippen LogP contribution in [0, 0.1) is 27.6 Å². The fourth-order valence-electron chi connectivity index (χ4n) is 3.28. The molecule has 146 valence electrons. The Morgan fingerprint density at radius 3 is 2.82 bits per heavy atom. The lowest BCUT2D eigenvalue weighted by Gasteiger charge is -2.20. The molecule has 1 heterocycles. The number of esters is 1. The summed E-state index contributed by atoms with van der Waals surface area (Å²) in [4.78, 5) is 16.0. The van der Waals surface area contributed by atoms with Crippen molar-refractivity contribution in [3.63, 3.8) is 0 Å². The van der Waals surface area contributed by atoms with Gasteiger partial charge in [0.05, 0.1) is 43.2 Å². The van der Waals surface area contributed by atoms with Gasteiger partial charge in [-0.25, -0.2) is 9.18 Å². The number of aryl methyl sites for hydroxylation is 1. The van der Waals surface area contributed by atoms with Gasteiger partial charge in [0.1, 0.15) is 5.69 Å². The summed E-state index contributed by atoms with van der Waals surface area (Å²) in [6.45, 7) is 2.77. The molecule has 1 aliphatic rings. The van der Waals surface area contributed by atoms with Gasteiger partial charge in [-0.2, -0.15) is 5.26 Å². The summed E-state index contributed by atoms with van der Waals surface area (Å²) < 4.78 is 21.6. The maximum atomic E-state index is 15.7. The molecule has 0 saturated heterocycles. The summed E-state index contributed by atoms with van der Waals surface area (Å²) in [5.41, 5.74) is 2.83. The lowest BCUT2D eigenvalue weighted by atomic mass is 10.1. The molecule has 0 spiro atoms. The minimum absolute atomic E-state index is 0.0761. The van der Waals surface area contributed by atoms with Crippen LogP contribution in [-0.2, 0) is 4.74 Å². The van der Waals surface area contributed by atoms with E-state index in [1.165, 1.54) is 7.11 Å². The van der Waals surface area contributed by atoms with Crippen LogP contribution >= 0.6 is 22.6 Å². The van der Waals surface area contributed by atoms with E-state index in [1.807, 2.05) is 37.1 Å². The fraction of sp³-hybridized carbons (Fsp3) is 0.300. The Morgan fingerprint density at radius 1 is 1.43 bits per heavy atom. The Morgan fingerprint density at radius 2 is 2.18 bits per heavy atom. The zero-order chi connectivity index (χ0) is 20.4. The van der Waals surface area contributed by atoms with E-state index < -0.39 is 11.8 Å². The highest BCUT2D eigenvalue weighted by atomic mass is 127. The number of halogens is 2. The van der Waals surface area contributed by atoms with Crippen LogP contribution in [0.2, 0.25) is 0 Å². The normalized spacial score (nSPS) is 12.6. The molecule has 0 aromatic heterocycles. The van der Waals surface area contributed by atoms with E-state index in [2.05, 4.69) is 34.0 Å². The Bertz CT molecular complexity index is 974. The number of nitrogens with one attached hydrogen (secondary N) is 1. The molecule has 2 aromatic carbocycles. The maximum Gasteiger partial charge on any atom is 0.340 e. The molecule has 0 aliphatic carbocycles. The smallest absolute Gasteiger partial charge is 0.340 e. The molecule has 0 radical (unpaired) electrons. The van der Waals surface area contributed by atoms with Crippen molar-refractivity contribution < 1.29 is 13.9 Å². The number of fused-ring (bicyclic) bond motifs is 1. The van der Waals surface area contributed by atoms with Gasteiger partial charge in [0.2, 0.25) is 0 Å². The van der Waals surface area contributed by atoms with Gasteiger partial charge in [0, 0.05) is 22.8 Å². The van der Waals surface area contributed by atoms with Crippen molar-refractivity contribution in [1.29, 1.82) is 5.26 Å². The Kier molecular flexibility index (Phi) is 5.93. The zero-order valence-corrected chi connectivity index (χ0v) is 18.0. The van der Waals surface area contributed by atoms with Crippen molar-refractivity contribution in [2.75, 3.05) is 42.5 Å². The first-order valence-corrected chi connectivity index (χ1v) is 9.76. The summed E-state index contributed by atoms with van der Waals surface area (Å²) in [6, 6.07) is 9.46. The van der Waals surface area contributed by atoms with Gasteiger partial charge in [-0.3, -0.25) is 0 Å². The monoisotopic (exact) mass is 494 g/mol. The van der Waals surface area contributed by atoms with E-state index in [0.717, 1.165) is 9.13 Å². The van der Waals surface area contributed by atoms with E-state index in [9.17, 15) is 4.79 Å². The standard InChI is InChI=1S/C20H20FIN4O2/c1-12-9-13(22)5-6-15(12)24-18-14(20(27)28-3)10-16-19(17(18)21)26(8-4-7-23)11-25(16)2/h5-6,9-10,24H,4,8,11H2,1-3H3. The van der Waals surface area contributed by atoms with Crippen molar-refractivity contribution in [2.24, 2.45) is 0 Å². The van der Waals surface area contributed by atoms with Gasteiger partial charge in [-0.15, -0.1) is 0 Å². The number of benzene rings is 2. The molecular weight excluding hydrogens is 474 g/mol. The Balaban J connectivity index is 2.14. The first-order chi connectivity index (χ1) is 13.4. The summed E-state index contributed by atoms with van der Waals surface area (Å²) >= 11 is 2.21. The number of methoxy groups -OCH3 is 1. The molecule has 28 heavy (non-hydrogen) atoms. The summed E-state index contributed by atoms with van der Waals surface area (Å²) in [5, 5.41) is 12.0. The van der Waals surface area contributed by atoms with Gasteiger partial charge >= 0.3 is 5.97 Å². The van der Waals surface area contributed by atoms with Crippen LogP contribution in [0.15, 0.2) is 24.3 Å². The lowest BCUT2D eigenvalue weighted by Crippen LogP contribution is -2.29. The molecule has 0 saturated carbocycles. The number of nitrogens with zero attached hydrogens (tertiary/aromatic N) is 3. The highest BCUT2D eigenvalue weighted by Gasteiger charge is 2.32. The fourth-order valence-corrected chi connectivity index (χ4v) is 3.93. The van der Waals surface area contributed by atoms with Crippen LogP contribution in [0.3, 0.4) is 0 Å². The van der Waals surface area contributed by atoms with Gasteiger partial charge in [-0.1, -0.05) is 0 Å². The molecule has 0 fully saturated rings. The van der Waals surface area contributed by atoms with Crippen molar-refractivity contribution in [2.45, 2.75) is 13.3 Å². The average molecular weight is 494 g/mol. The average Bonchev–Trinajstić information content (AvgIpc) is 2.99. The molecule has 0 bridgehead atoms. The van der Waals surface area contributed by atoms with Crippen molar-refractivity contribution in [3.8, 4) is 6.07 Å². The van der Waals surface area contributed by atoms with Crippen LogP contribution in [0.1, 0.15) is 22.3 Å². The van der Waals surface area contributed by atoms with Gasteiger partial charge in [0.25, 0.3) is 0 Å². The molecule has 8 heteroatoms. The molecule has 0 unspecified atom stereocenters. The third-order valence-corrected chi connectivity index (χ3v) is 5.35. The first-order valence-electron chi connectivity index (χ1n) is 8.68. The lowest BCUT2D eigenvalue weighted by molar-refractivity contribution is 0.0601. The second-order valence-electron chi connectivity index (χ2n) is 6.57. The molecule has 3 rings (SSSR count). The zero-order valence-electron chi connectivity index (χ0n) is 15.8. The molecule has 6 nitrogen and oxygen atoms in total. The minimum atomic E-state index is -0.615.